The molecule has 0 spiro atoms. The lowest BCUT2D eigenvalue weighted by Gasteiger charge is -2.11. The Bertz CT molecular complexity index is 634. The van der Waals surface area contributed by atoms with Gasteiger partial charge in [0.1, 0.15) is 0 Å². The summed E-state index contributed by atoms with van der Waals surface area (Å²) in [7, 11) is 0. The number of pyridine rings is 1. The number of carbonyl (C=O) groups excluding carboxylic acids is 1. The maximum absolute atomic E-state index is 11.9. The molecule has 1 aromatic carbocycles. The second-order valence-corrected chi connectivity index (χ2v) is 4.82. The lowest BCUT2D eigenvalue weighted by molar-refractivity contribution is -0.115. The fourth-order valence-corrected chi connectivity index (χ4v) is 1.90. The highest BCUT2D eigenvalue weighted by molar-refractivity contribution is 14.0. The second kappa shape index (κ2) is 11.4. The van der Waals surface area contributed by atoms with Crippen LogP contribution in [0.3, 0.4) is 0 Å². The molecule has 6 nitrogen and oxygen atoms in total. The highest BCUT2D eigenvalue weighted by atomic mass is 127. The summed E-state index contributed by atoms with van der Waals surface area (Å²) < 4.78 is 0. The monoisotopic (exact) mass is 439 g/mol. The van der Waals surface area contributed by atoms with Gasteiger partial charge in [0.05, 0.1) is 25.0 Å². The van der Waals surface area contributed by atoms with Gasteiger partial charge in [-0.3, -0.25) is 9.78 Å². The number of rotatable bonds is 6. The Morgan fingerprint density at radius 2 is 1.92 bits per heavy atom. The molecule has 128 valence electrons. The Hall–Kier alpha value is -2.16. The maximum Gasteiger partial charge on any atom is 0.243 e. The quantitative estimate of drug-likeness (QED) is 0.367. The molecular formula is C17H22IN5O. The Kier molecular flexibility index (Phi) is 9.44. The molecule has 0 radical (unpaired) electrons. The molecule has 0 saturated carbocycles. The first kappa shape index (κ1) is 19.9. The van der Waals surface area contributed by atoms with Crippen molar-refractivity contribution in [3.63, 3.8) is 0 Å². The lowest BCUT2D eigenvalue weighted by Crippen LogP contribution is -2.41. The highest BCUT2D eigenvalue weighted by Crippen LogP contribution is 2.02. The van der Waals surface area contributed by atoms with Gasteiger partial charge in [-0.05, 0) is 24.6 Å². The van der Waals surface area contributed by atoms with Gasteiger partial charge < -0.3 is 16.0 Å². The topological polar surface area (TPSA) is 78.4 Å². The smallest absolute Gasteiger partial charge is 0.243 e. The zero-order valence-corrected chi connectivity index (χ0v) is 15.9. The predicted octanol–water partition coefficient (Wildman–Crippen LogP) is 2.39. The van der Waals surface area contributed by atoms with E-state index in [4.69, 9.17) is 0 Å². The molecule has 2 rings (SSSR count). The van der Waals surface area contributed by atoms with Crippen molar-refractivity contribution in [2.75, 3.05) is 18.4 Å². The molecule has 0 aliphatic rings. The Morgan fingerprint density at radius 3 is 2.58 bits per heavy atom. The van der Waals surface area contributed by atoms with Crippen molar-refractivity contribution in [2.45, 2.75) is 13.5 Å². The molecule has 1 heterocycles. The van der Waals surface area contributed by atoms with Gasteiger partial charge in [0.25, 0.3) is 0 Å². The van der Waals surface area contributed by atoms with E-state index in [1.807, 2.05) is 37.3 Å². The first-order valence-corrected chi connectivity index (χ1v) is 7.54. The predicted molar refractivity (Wildman–Crippen MR) is 108 cm³/mol. The summed E-state index contributed by atoms with van der Waals surface area (Å²) in [6, 6.07) is 13.5. The Labute approximate surface area is 159 Å². The lowest BCUT2D eigenvalue weighted by atomic mass is 10.2. The molecule has 0 aliphatic carbocycles. The third-order valence-corrected chi connectivity index (χ3v) is 2.97. The van der Waals surface area contributed by atoms with Crippen molar-refractivity contribution in [2.24, 2.45) is 4.99 Å². The van der Waals surface area contributed by atoms with Crippen LogP contribution in [-0.4, -0.2) is 29.9 Å². The molecule has 0 unspecified atom stereocenters. The van der Waals surface area contributed by atoms with Crippen LogP contribution in [0, 0.1) is 0 Å². The van der Waals surface area contributed by atoms with E-state index in [1.54, 1.807) is 24.5 Å². The third kappa shape index (κ3) is 7.40. The van der Waals surface area contributed by atoms with Crippen LogP contribution in [0.4, 0.5) is 5.69 Å². The number of hydrogen-bond donors (Lipinski definition) is 3. The Balaban J connectivity index is 0.00000288. The normalized spacial score (nSPS) is 10.5. The molecule has 0 bridgehead atoms. The zero-order valence-electron chi connectivity index (χ0n) is 13.5. The number of anilines is 1. The molecule has 7 heteroatoms. The number of benzene rings is 1. The highest BCUT2D eigenvalue weighted by Gasteiger charge is 2.04. The first-order chi connectivity index (χ1) is 11.3. The van der Waals surface area contributed by atoms with Crippen LogP contribution in [0.1, 0.15) is 12.5 Å². The van der Waals surface area contributed by atoms with Crippen LogP contribution in [-0.2, 0) is 11.3 Å². The first-order valence-electron chi connectivity index (χ1n) is 7.54. The number of carbonyl (C=O) groups is 1. The minimum Gasteiger partial charge on any atom is -0.357 e. The molecule has 2 aromatic rings. The van der Waals surface area contributed by atoms with E-state index in [0.717, 1.165) is 12.1 Å². The van der Waals surface area contributed by atoms with Crippen molar-refractivity contribution >= 4 is 41.5 Å². The van der Waals surface area contributed by atoms with Gasteiger partial charge in [-0.25, -0.2) is 4.99 Å². The van der Waals surface area contributed by atoms with Crippen LogP contribution < -0.4 is 16.0 Å². The number of aromatic nitrogens is 1. The summed E-state index contributed by atoms with van der Waals surface area (Å²) in [4.78, 5) is 20.3. The summed E-state index contributed by atoms with van der Waals surface area (Å²) in [6.45, 7) is 3.40. The third-order valence-electron chi connectivity index (χ3n) is 2.97. The second-order valence-electron chi connectivity index (χ2n) is 4.82. The molecule has 24 heavy (non-hydrogen) atoms. The molecule has 0 aliphatic heterocycles. The van der Waals surface area contributed by atoms with Gasteiger partial charge in [0.2, 0.25) is 5.91 Å². The average Bonchev–Trinajstić information content (AvgIpc) is 2.59. The van der Waals surface area contributed by atoms with Crippen molar-refractivity contribution in [1.29, 1.82) is 0 Å². The van der Waals surface area contributed by atoms with Gasteiger partial charge in [-0.1, -0.05) is 30.3 Å². The maximum atomic E-state index is 11.9. The molecule has 1 aromatic heterocycles. The number of nitrogens with zero attached hydrogens (tertiary/aromatic N) is 2. The van der Waals surface area contributed by atoms with Crippen molar-refractivity contribution in [1.82, 2.24) is 15.6 Å². The van der Waals surface area contributed by atoms with E-state index in [0.29, 0.717) is 18.2 Å². The fourth-order valence-electron chi connectivity index (χ4n) is 1.90. The van der Waals surface area contributed by atoms with E-state index >= 15 is 0 Å². The zero-order chi connectivity index (χ0) is 16.3. The molecule has 0 fully saturated rings. The van der Waals surface area contributed by atoms with Gasteiger partial charge >= 0.3 is 0 Å². The van der Waals surface area contributed by atoms with E-state index in [1.165, 1.54) is 0 Å². The van der Waals surface area contributed by atoms with E-state index in [-0.39, 0.29) is 36.4 Å². The van der Waals surface area contributed by atoms with E-state index in [2.05, 4.69) is 25.9 Å². The van der Waals surface area contributed by atoms with Crippen LogP contribution in [0.25, 0.3) is 0 Å². The fraction of sp³-hybridized carbons (Fsp3) is 0.235. The largest absolute Gasteiger partial charge is 0.357 e. The summed E-state index contributed by atoms with van der Waals surface area (Å²) in [5, 5.41) is 8.90. The van der Waals surface area contributed by atoms with Crippen LogP contribution in [0.5, 0.6) is 0 Å². The van der Waals surface area contributed by atoms with E-state index in [9.17, 15) is 4.79 Å². The van der Waals surface area contributed by atoms with Crippen molar-refractivity contribution in [3.8, 4) is 0 Å². The number of halogens is 1. The molecule has 0 atom stereocenters. The minimum absolute atomic E-state index is 0. The SMILES string of the molecule is CCNC(=NCc1ccccc1)NCC(=O)Nc1cccnc1.I. The Morgan fingerprint density at radius 1 is 1.12 bits per heavy atom. The van der Waals surface area contributed by atoms with E-state index < -0.39 is 0 Å². The van der Waals surface area contributed by atoms with Crippen LogP contribution in [0.2, 0.25) is 0 Å². The summed E-state index contributed by atoms with van der Waals surface area (Å²) in [5.41, 5.74) is 1.79. The van der Waals surface area contributed by atoms with Gasteiger partial charge in [0, 0.05) is 12.7 Å². The average molecular weight is 439 g/mol. The summed E-state index contributed by atoms with van der Waals surface area (Å²) >= 11 is 0. The molecule has 0 saturated heterocycles. The molecule has 3 N–H and O–H groups in total. The van der Waals surface area contributed by atoms with Crippen molar-refractivity contribution < 1.29 is 4.79 Å². The summed E-state index contributed by atoms with van der Waals surface area (Å²) in [6.07, 6.45) is 3.26. The minimum atomic E-state index is -0.150. The van der Waals surface area contributed by atoms with Crippen LogP contribution >= 0.6 is 24.0 Å². The molecule has 1 amide bonds. The van der Waals surface area contributed by atoms with Gasteiger partial charge in [-0.15, -0.1) is 24.0 Å². The molecular weight excluding hydrogens is 417 g/mol. The number of aliphatic imine (C=N–C) groups is 1. The summed E-state index contributed by atoms with van der Waals surface area (Å²) in [5.74, 6) is 0.459. The number of nitrogens with one attached hydrogen (secondary N) is 3. The number of guanidine groups is 1. The van der Waals surface area contributed by atoms with Gasteiger partial charge in [0.15, 0.2) is 5.96 Å². The number of amides is 1. The standard InChI is InChI=1S/C17H21N5O.HI/c1-2-19-17(20-11-14-7-4-3-5-8-14)21-13-16(23)22-15-9-6-10-18-12-15;/h3-10,12H,2,11,13H2,1H3,(H,22,23)(H2,19,20,21);1H. The van der Waals surface area contributed by atoms with Crippen LogP contribution in [0.15, 0.2) is 59.9 Å². The van der Waals surface area contributed by atoms with Crippen molar-refractivity contribution in [3.05, 3.63) is 60.4 Å². The number of hydrogen-bond acceptors (Lipinski definition) is 3. The van der Waals surface area contributed by atoms with Gasteiger partial charge in [-0.2, -0.15) is 0 Å².